The van der Waals surface area contributed by atoms with E-state index in [9.17, 15) is 0 Å². The molecule has 0 fully saturated rings. The molecule has 24 heavy (non-hydrogen) atoms. The smallest absolute Gasteiger partial charge is 0.193 e. The third-order valence-electron chi connectivity index (χ3n) is 3.51. The number of hydrogen-bond donors (Lipinski definition) is 2. The van der Waals surface area contributed by atoms with E-state index in [-0.39, 0.29) is 0 Å². The van der Waals surface area contributed by atoms with E-state index in [1.807, 2.05) is 65.5 Å². The van der Waals surface area contributed by atoms with Crippen molar-refractivity contribution in [2.24, 2.45) is 10.7 Å². The molecule has 0 radical (unpaired) electrons. The molecule has 2 aromatic carbocycles. The molecule has 6 nitrogen and oxygen atoms in total. The summed E-state index contributed by atoms with van der Waals surface area (Å²) in [6, 6.07) is 17.5. The normalized spacial score (nSPS) is 11.3. The van der Waals surface area contributed by atoms with E-state index >= 15 is 0 Å². The van der Waals surface area contributed by atoms with Crippen molar-refractivity contribution >= 4 is 11.6 Å². The van der Waals surface area contributed by atoms with Gasteiger partial charge >= 0.3 is 0 Å². The minimum atomic E-state index is 0.343. The summed E-state index contributed by atoms with van der Waals surface area (Å²) >= 11 is 0. The van der Waals surface area contributed by atoms with Gasteiger partial charge in [0.1, 0.15) is 5.75 Å². The quantitative estimate of drug-likeness (QED) is 0.559. The van der Waals surface area contributed by atoms with E-state index < -0.39 is 0 Å². The van der Waals surface area contributed by atoms with Crippen molar-refractivity contribution in [3.05, 3.63) is 72.6 Å². The van der Waals surface area contributed by atoms with Crippen LogP contribution in [0.2, 0.25) is 0 Å². The molecule has 0 spiro atoms. The highest BCUT2D eigenvalue weighted by atomic mass is 16.5. The Morgan fingerprint density at radius 1 is 1.17 bits per heavy atom. The van der Waals surface area contributed by atoms with Gasteiger partial charge in [0.05, 0.1) is 25.0 Å². The molecule has 0 aliphatic carbocycles. The maximum Gasteiger partial charge on any atom is 0.193 e. The van der Waals surface area contributed by atoms with Crippen molar-refractivity contribution in [1.29, 1.82) is 0 Å². The Morgan fingerprint density at radius 2 is 1.96 bits per heavy atom. The van der Waals surface area contributed by atoms with Crippen LogP contribution in [-0.4, -0.2) is 22.8 Å². The first-order valence-corrected chi connectivity index (χ1v) is 7.55. The zero-order chi connectivity index (χ0) is 16.8. The first-order chi connectivity index (χ1) is 11.8. The second-order valence-corrected chi connectivity index (χ2v) is 5.14. The van der Waals surface area contributed by atoms with Crippen molar-refractivity contribution in [1.82, 2.24) is 9.78 Å². The number of anilines is 1. The lowest BCUT2D eigenvalue weighted by atomic mass is 10.2. The molecule has 3 aromatic rings. The molecule has 0 aliphatic heterocycles. The van der Waals surface area contributed by atoms with Crippen LogP contribution in [0.25, 0.3) is 5.69 Å². The predicted molar refractivity (Wildman–Crippen MR) is 95.5 cm³/mol. The van der Waals surface area contributed by atoms with Crippen molar-refractivity contribution in [2.75, 3.05) is 12.4 Å². The van der Waals surface area contributed by atoms with Crippen LogP contribution < -0.4 is 15.8 Å². The summed E-state index contributed by atoms with van der Waals surface area (Å²) in [5.74, 6) is 1.06. The lowest BCUT2D eigenvalue weighted by Gasteiger charge is -2.10. The van der Waals surface area contributed by atoms with Gasteiger partial charge in [0.15, 0.2) is 5.96 Å². The van der Waals surface area contributed by atoms with Gasteiger partial charge in [-0.1, -0.05) is 24.3 Å². The topological polar surface area (TPSA) is 77.5 Å². The van der Waals surface area contributed by atoms with Crippen molar-refractivity contribution in [2.45, 2.75) is 6.54 Å². The van der Waals surface area contributed by atoms with Gasteiger partial charge in [0.25, 0.3) is 0 Å². The highest BCUT2D eigenvalue weighted by molar-refractivity contribution is 5.93. The third kappa shape index (κ3) is 3.73. The van der Waals surface area contributed by atoms with Crippen LogP contribution >= 0.6 is 0 Å². The van der Waals surface area contributed by atoms with Crippen LogP contribution in [0.5, 0.6) is 5.75 Å². The molecule has 3 N–H and O–H groups in total. The fraction of sp³-hybridized carbons (Fsp3) is 0.111. The summed E-state index contributed by atoms with van der Waals surface area (Å²) in [5, 5.41) is 7.25. The molecule has 6 heteroatoms. The standard InChI is InChI=1S/C18H19N5O/c1-24-17-6-3-2-5-16(17)22-18(19)20-13-14-7-9-15(10-8-14)23-12-4-11-21-23/h2-12H,13H2,1H3,(H3,19,20,22). The Morgan fingerprint density at radius 3 is 2.67 bits per heavy atom. The molecule has 0 saturated carbocycles. The minimum Gasteiger partial charge on any atom is -0.495 e. The van der Waals surface area contributed by atoms with Crippen LogP contribution in [0, 0.1) is 0 Å². The molecule has 0 aliphatic rings. The first kappa shape index (κ1) is 15.6. The molecular formula is C18H19N5O. The Hall–Kier alpha value is -3.28. The second-order valence-electron chi connectivity index (χ2n) is 5.14. The van der Waals surface area contributed by atoms with E-state index in [2.05, 4.69) is 15.4 Å². The maximum atomic E-state index is 5.95. The van der Waals surface area contributed by atoms with Crippen LogP contribution in [-0.2, 0) is 6.54 Å². The lowest BCUT2D eigenvalue weighted by molar-refractivity contribution is 0.417. The number of rotatable bonds is 5. The molecular weight excluding hydrogens is 302 g/mol. The summed E-state index contributed by atoms with van der Waals surface area (Å²) in [4.78, 5) is 4.36. The fourth-order valence-electron chi connectivity index (χ4n) is 2.28. The molecule has 1 heterocycles. The van der Waals surface area contributed by atoms with Crippen LogP contribution in [0.15, 0.2) is 72.0 Å². The Kier molecular flexibility index (Phi) is 4.76. The van der Waals surface area contributed by atoms with Crippen molar-refractivity contribution < 1.29 is 4.74 Å². The summed E-state index contributed by atoms with van der Waals surface area (Å²) < 4.78 is 7.09. The monoisotopic (exact) mass is 321 g/mol. The molecule has 1 aromatic heterocycles. The number of nitrogens with two attached hydrogens (primary N) is 1. The number of hydrogen-bond acceptors (Lipinski definition) is 3. The predicted octanol–water partition coefficient (Wildman–Crippen LogP) is 2.81. The number of methoxy groups -OCH3 is 1. The first-order valence-electron chi connectivity index (χ1n) is 7.55. The third-order valence-corrected chi connectivity index (χ3v) is 3.51. The van der Waals surface area contributed by atoms with Crippen LogP contribution in [0.1, 0.15) is 5.56 Å². The number of guanidine groups is 1. The zero-order valence-corrected chi connectivity index (χ0v) is 13.4. The van der Waals surface area contributed by atoms with Gasteiger partial charge in [-0.3, -0.25) is 0 Å². The highest BCUT2D eigenvalue weighted by Gasteiger charge is 2.02. The van der Waals surface area contributed by atoms with Gasteiger partial charge in [-0.25, -0.2) is 9.67 Å². The number of nitrogens with one attached hydrogen (secondary N) is 1. The van der Waals surface area contributed by atoms with Crippen LogP contribution in [0.3, 0.4) is 0 Å². The van der Waals surface area contributed by atoms with E-state index in [0.717, 1.165) is 22.7 Å². The SMILES string of the molecule is COc1ccccc1NC(N)=NCc1ccc(-n2cccn2)cc1. The summed E-state index contributed by atoms with van der Waals surface area (Å²) in [6.07, 6.45) is 3.66. The van der Waals surface area contributed by atoms with Gasteiger partial charge in [-0.15, -0.1) is 0 Å². The van der Waals surface area contributed by atoms with E-state index in [1.54, 1.807) is 13.3 Å². The van der Waals surface area contributed by atoms with Gasteiger partial charge in [0, 0.05) is 12.4 Å². The van der Waals surface area contributed by atoms with Crippen molar-refractivity contribution in [3.8, 4) is 11.4 Å². The van der Waals surface area contributed by atoms with Gasteiger partial charge in [-0.05, 0) is 35.9 Å². The second kappa shape index (κ2) is 7.32. The van der Waals surface area contributed by atoms with Gasteiger partial charge in [0.2, 0.25) is 0 Å². The zero-order valence-electron chi connectivity index (χ0n) is 13.4. The number of benzene rings is 2. The number of ether oxygens (including phenoxy) is 1. The highest BCUT2D eigenvalue weighted by Crippen LogP contribution is 2.22. The van der Waals surface area contributed by atoms with E-state index in [4.69, 9.17) is 10.5 Å². The molecule has 0 unspecified atom stereocenters. The Labute approximate surface area is 140 Å². The summed E-state index contributed by atoms with van der Waals surface area (Å²) in [6.45, 7) is 0.493. The number of aromatic nitrogens is 2. The lowest BCUT2D eigenvalue weighted by Crippen LogP contribution is -2.22. The average molecular weight is 321 g/mol. The maximum absolute atomic E-state index is 5.95. The number of para-hydroxylation sites is 2. The fourth-order valence-corrected chi connectivity index (χ4v) is 2.28. The molecule has 0 saturated heterocycles. The molecule has 0 amide bonds. The summed E-state index contributed by atoms with van der Waals surface area (Å²) in [5.41, 5.74) is 8.81. The van der Waals surface area contributed by atoms with Crippen LogP contribution in [0.4, 0.5) is 5.69 Å². The van der Waals surface area contributed by atoms with Gasteiger partial charge < -0.3 is 15.8 Å². The van der Waals surface area contributed by atoms with Gasteiger partial charge in [-0.2, -0.15) is 5.10 Å². The Balaban J connectivity index is 1.64. The molecule has 0 atom stereocenters. The molecule has 3 rings (SSSR count). The minimum absolute atomic E-state index is 0.343. The van der Waals surface area contributed by atoms with E-state index in [0.29, 0.717) is 12.5 Å². The van der Waals surface area contributed by atoms with Crippen molar-refractivity contribution in [3.63, 3.8) is 0 Å². The molecule has 122 valence electrons. The number of nitrogens with zero attached hydrogens (tertiary/aromatic N) is 3. The Bertz CT molecular complexity index is 810. The summed E-state index contributed by atoms with van der Waals surface area (Å²) in [7, 11) is 1.62. The largest absolute Gasteiger partial charge is 0.495 e. The van der Waals surface area contributed by atoms with E-state index in [1.165, 1.54) is 0 Å². The average Bonchev–Trinajstić information content (AvgIpc) is 3.15. The number of aliphatic imine (C=N–C) groups is 1. The molecule has 0 bridgehead atoms.